The third kappa shape index (κ3) is 4.37. The topological polar surface area (TPSA) is 171 Å². The molecule has 0 atom stereocenters. The molecule has 3 aromatic rings. The van der Waals surface area contributed by atoms with Gasteiger partial charge >= 0.3 is 0 Å². The van der Waals surface area contributed by atoms with Crippen molar-refractivity contribution in [1.29, 1.82) is 0 Å². The first-order valence-corrected chi connectivity index (χ1v) is 9.90. The SMILES string of the molecule is CC(c1ccccc1)(c1cc(/C=N\O)c(O)c(/C=N\O)c1)c1cc(/C=N\O)c(O)c(/C=N\O)c1. The Kier molecular flexibility index (Phi) is 7.12. The average Bonchev–Trinajstić information content (AvgIpc) is 2.84. The fraction of sp³-hybridized carbons (Fsp3) is 0.0833. The lowest BCUT2D eigenvalue weighted by Crippen LogP contribution is -2.26. The number of hydrogen-bond acceptors (Lipinski definition) is 10. The molecule has 0 aliphatic rings. The van der Waals surface area contributed by atoms with Crippen LogP contribution in [-0.2, 0) is 5.41 Å². The zero-order valence-corrected chi connectivity index (χ0v) is 18.0. The highest BCUT2D eigenvalue weighted by Gasteiger charge is 2.33. The Hall–Kier alpha value is -4.86. The molecule has 0 aliphatic heterocycles. The molecule has 0 fully saturated rings. The van der Waals surface area contributed by atoms with E-state index in [0.29, 0.717) is 11.1 Å². The van der Waals surface area contributed by atoms with Crippen LogP contribution in [-0.4, -0.2) is 55.9 Å². The molecular weight excluding hydrogens is 440 g/mol. The molecule has 0 spiro atoms. The van der Waals surface area contributed by atoms with Crippen LogP contribution in [0.2, 0.25) is 0 Å². The summed E-state index contributed by atoms with van der Waals surface area (Å²) in [6.07, 6.45) is 4.18. The number of phenols is 2. The van der Waals surface area contributed by atoms with Crippen molar-refractivity contribution < 1.29 is 31.0 Å². The molecule has 3 rings (SSSR count). The highest BCUT2D eigenvalue weighted by molar-refractivity contribution is 5.94. The van der Waals surface area contributed by atoms with Gasteiger partial charge in [-0.2, -0.15) is 0 Å². The lowest BCUT2D eigenvalue weighted by atomic mass is 9.69. The standard InChI is InChI=1S/C24H22N4O6/c1-24(19-5-3-2-4-6-19,20-7-15(11-25-31)22(29)16(8-20)12-26-32)21-9-17(13-27-33)23(30)18(10-21)14-28-34/h2-14,29-34H,1H3/b25-11-,26-12-,27-13-,28-14-. The predicted molar refractivity (Wildman–Crippen MR) is 126 cm³/mol. The second-order valence-electron chi connectivity index (χ2n) is 7.48. The molecule has 0 aromatic heterocycles. The van der Waals surface area contributed by atoms with Gasteiger partial charge in [0.05, 0.1) is 24.9 Å². The summed E-state index contributed by atoms with van der Waals surface area (Å²) in [6, 6.07) is 15.7. The zero-order chi connectivity index (χ0) is 24.7. The Bertz CT molecular complexity index is 1140. The fourth-order valence-corrected chi connectivity index (χ4v) is 3.85. The minimum atomic E-state index is -0.977. The average molecular weight is 462 g/mol. The first-order valence-electron chi connectivity index (χ1n) is 9.90. The van der Waals surface area contributed by atoms with Gasteiger partial charge in [0, 0.05) is 27.7 Å². The maximum atomic E-state index is 10.5. The van der Waals surface area contributed by atoms with E-state index in [1.807, 2.05) is 37.3 Å². The monoisotopic (exact) mass is 462 g/mol. The third-order valence-electron chi connectivity index (χ3n) is 5.63. The number of phenolic OH excluding ortho intramolecular Hbond substituents is 2. The van der Waals surface area contributed by atoms with E-state index in [1.54, 1.807) is 24.3 Å². The Morgan fingerprint density at radius 2 is 0.882 bits per heavy atom. The summed E-state index contributed by atoms with van der Waals surface area (Å²) in [5.74, 6) is -0.525. The molecule has 0 bridgehead atoms. The smallest absolute Gasteiger partial charge is 0.133 e. The molecule has 3 aromatic carbocycles. The lowest BCUT2D eigenvalue weighted by molar-refractivity contribution is 0.321. The van der Waals surface area contributed by atoms with Crippen LogP contribution in [0.1, 0.15) is 45.9 Å². The second kappa shape index (κ2) is 10.2. The Labute approximate surface area is 194 Å². The molecule has 34 heavy (non-hydrogen) atoms. The third-order valence-corrected chi connectivity index (χ3v) is 5.63. The summed E-state index contributed by atoms with van der Waals surface area (Å²) in [5, 5.41) is 69.4. The van der Waals surface area contributed by atoms with E-state index < -0.39 is 5.41 Å². The van der Waals surface area contributed by atoms with Crippen LogP contribution in [0.25, 0.3) is 0 Å². The molecule has 0 amide bonds. The number of oxime groups is 4. The lowest BCUT2D eigenvalue weighted by Gasteiger charge is -2.33. The van der Waals surface area contributed by atoms with Gasteiger partial charge in [-0.15, -0.1) is 0 Å². The number of nitrogens with zero attached hydrogens (tertiary/aromatic N) is 4. The van der Waals surface area contributed by atoms with Crippen molar-refractivity contribution in [3.05, 3.63) is 93.5 Å². The quantitative estimate of drug-likeness (QED) is 0.135. The minimum absolute atomic E-state index is 0.158. The van der Waals surface area contributed by atoms with Crippen molar-refractivity contribution >= 4 is 24.9 Å². The molecule has 10 heteroatoms. The molecule has 0 radical (unpaired) electrons. The van der Waals surface area contributed by atoms with Crippen LogP contribution < -0.4 is 0 Å². The van der Waals surface area contributed by atoms with E-state index >= 15 is 0 Å². The van der Waals surface area contributed by atoms with Gasteiger partial charge < -0.3 is 31.0 Å². The van der Waals surface area contributed by atoms with Gasteiger partial charge in [-0.3, -0.25) is 0 Å². The second-order valence-corrected chi connectivity index (χ2v) is 7.48. The maximum Gasteiger partial charge on any atom is 0.133 e. The number of benzene rings is 3. The maximum absolute atomic E-state index is 10.5. The summed E-state index contributed by atoms with van der Waals surface area (Å²) in [5.41, 5.74) is 1.63. The van der Waals surface area contributed by atoms with Gasteiger partial charge in [-0.25, -0.2) is 0 Å². The fourth-order valence-electron chi connectivity index (χ4n) is 3.85. The predicted octanol–water partition coefficient (Wildman–Crippen LogP) is 3.68. The van der Waals surface area contributed by atoms with Crippen molar-refractivity contribution in [3.63, 3.8) is 0 Å². The summed E-state index contributed by atoms with van der Waals surface area (Å²) in [7, 11) is 0. The summed E-state index contributed by atoms with van der Waals surface area (Å²) >= 11 is 0. The van der Waals surface area contributed by atoms with E-state index in [1.165, 1.54) is 0 Å². The molecular formula is C24H22N4O6. The zero-order valence-electron chi connectivity index (χ0n) is 18.0. The molecule has 174 valence electrons. The molecule has 0 heterocycles. The van der Waals surface area contributed by atoms with Crippen LogP contribution in [0.15, 0.2) is 75.2 Å². The van der Waals surface area contributed by atoms with E-state index in [-0.39, 0.29) is 33.8 Å². The van der Waals surface area contributed by atoms with Crippen molar-refractivity contribution in [2.24, 2.45) is 20.6 Å². The number of aromatic hydroxyl groups is 2. The van der Waals surface area contributed by atoms with Gasteiger partial charge in [0.1, 0.15) is 11.5 Å². The number of rotatable bonds is 7. The molecule has 0 saturated carbocycles. The molecule has 6 N–H and O–H groups in total. The van der Waals surface area contributed by atoms with Gasteiger partial charge in [-0.1, -0.05) is 51.0 Å². The summed E-state index contributed by atoms with van der Waals surface area (Å²) in [4.78, 5) is 0. The first kappa shape index (κ1) is 23.8. The normalized spacial score (nSPS) is 12.5. The van der Waals surface area contributed by atoms with Crippen LogP contribution >= 0.6 is 0 Å². The van der Waals surface area contributed by atoms with Crippen molar-refractivity contribution in [2.75, 3.05) is 0 Å². The molecule has 0 unspecified atom stereocenters. The van der Waals surface area contributed by atoms with E-state index in [4.69, 9.17) is 20.8 Å². The summed E-state index contributed by atoms with van der Waals surface area (Å²) < 4.78 is 0. The largest absolute Gasteiger partial charge is 0.507 e. The highest BCUT2D eigenvalue weighted by atomic mass is 16.4. The highest BCUT2D eigenvalue weighted by Crippen LogP contribution is 2.42. The van der Waals surface area contributed by atoms with Crippen LogP contribution in [0.3, 0.4) is 0 Å². The van der Waals surface area contributed by atoms with E-state index in [2.05, 4.69) is 20.6 Å². The van der Waals surface area contributed by atoms with E-state index in [0.717, 1.165) is 30.4 Å². The molecule has 0 aliphatic carbocycles. The Balaban J connectivity index is 2.46. The van der Waals surface area contributed by atoms with Crippen molar-refractivity contribution in [2.45, 2.75) is 12.3 Å². The van der Waals surface area contributed by atoms with E-state index in [9.17, 15) is 10.2 Å². The van der Waals surface area contributed by atoms with Gasteiger partial charge in [0.25, 0.3) is 0 Å². The molecule has 10 nitrogen and oxygen atoms in total. The molecule has 0 saturated heterocycles. The number of hydrogen-bond donors (Lipinski definition) is 6. The van der Waals surface area contributed by atoms with Gasteiger partial charge in [0.2, 0.25) is 0 Å². The van der Waals surface area contributed by atoms with Crippen LogP contribution in [0, 0.1) is 0 Å². The van der Waals surface area contributed by atoms with Crippen molar-refractivity contribution in [3.8, 4) is 11.5 Å². The minimum Gasteiger partial charge on any atom is -0.507 e. The van der Waals surface area contributed by atoms with Gasteiger partial charge in [0.15, 0.2) is 0 Å². The Morgan fingerprint density at radius 1 is 0.559 bits per heavy atom. The van der Waals surface area contributed by atoms with Crippen molar-refractivity contribution in [1.82, 2.24) is 0 Å². The van der Waals surface area contributed by atoms with Crippen LogP contribution in [0.5, 0.6) is 11.5 Å². The summed E-state index contributed by atoms with van der Waals surface area (Å²) in [6.45, 7) is 1.88. The first-order chi connectivity index (χ1) is 16.4. The Morgan fingerprint density at radius 3 is 1.18 bits per heavy atom. The van der Waals surface area contributed by atoms with Gasteiger partial charge in [-0.05, 0) is 47.9 Å². The van der Waals surface area contributed by atoms with Crippen LogP contribution in [0.4, 0.5) is 0 Å².